The van der Waals surface area contributed by atoms with Gasteiger partial charge in [0.15, 0.2) is 0 Å². The highest BCUT2D eigenvalue weighted by Crippen LogP contribution is 2.27. The molecule has 0 saturated heterocycles. The molecule has 0 aliphatic carbocycles. The maximum Gasteiger partial charge on any atom is 0.338 e. The van der Waals surface area contributed by atoms with Gasteiger partial charge in [0.2, 0.25) is 0 Å². The maximum absolute atomic E-state index is 12.9. The first kappa shape index (κ1) is 26.2. The Kier molecular flexibility index (Phi) is 7.61. The second kappa shape index (κ2) is 11.0. The summed E-state index contributed by atoms with van der Waals surface area (Å²) in [7, 11) is 0. The molecular weight excluding hydrogens is 484 g/mol. The van der Waals surface area contributed by atoms with Crippen molar-refractivity contribution < 1.29 is 19.1 Å². The molecule has 38 heavy (non-hydrogen) atoms. The van der Waals surface area contributed by atoms with Gasteiger partial charge in [-0.1, -0.05) is 20.8 Å². The second-order valence-electron chi connectivity index (χ2n) is 9.47. The summed E-state index contributed by atoms with van der Waals surface area (Å²) in [4.78, 5) is 28.8. The highest BCUT2D eigenvalue weighted by Gasteiger charge is 2.22. The molecule has 4 aromatic rings. The zero-order valence-corrected chi connectivity index (χ0v) is 21.7. The number of carbonyl (C=O) groups is 2. The third-order valence-corrected chi connectivity index (χ3v) is 5.44. The minimum atomic E-state index is -0.440. The van der Waals surface area contributed by atoms with Crippen molar-refractivity contribution in [1.29, 1.82) is 0 Å². The smallest absolute Gasteiger partial charge is 0.338 e. The van der Waals surface area contributed by atoms with E-state index in [0.717, 1.165) is 5.69 Å². The number of aromatic nitrogens is 3. The van der Waals surface area contributed by atoms with Gasteiger partial charge < -0.3 is 20.5 Å². The quantitative estimate of drug-likeness (QED) is 0.267. The zero-order chi connectivity index (χ0) is 27.3. The summed E-state index contributed by atoms with van der Waals surface area (Å²) in [6.45, 7) is 8.17. The number of nitrogens with two attached hydrogens (primary N) is 1. The Hall–Kier alpha value is -4.86. The number of esters is 1. The van der Waals surface area contributed by atoms with Crippen LogP contribution in [0.3, 0.4) is 0 Å². The Morgan fingerprint density at radius 2 is 1.66 bits per heavy atom. The van der Waals surface area contributed by atoms with Gasteiger partial charge in [0, 0.05) is 29.4 Å². The van der Waals surface area contributed by atoms with Crippen molar-refractivity contribution in [2.24, 2.45) is 0 Å². The molecule has 0 saturated carbocycles. The van der Waals surface area contributed by atoms with Crippen LogP contribution in [0.4, 0.5) is 22.1 Å². The van der Waals surface area contributed by atoms with Crippen LogP contribution in [0.15, 0.2) is 72.9 Å². The number of nitrogens with one attached hydrogen (secondary N) is 2. The lowest BCUT2D eigenvalue weighted by molar-refractivity contribution is 0.0526. The van der Waals surface area contributed by atoms with E-state index in [-0.39, 0.29) is 5.41 Å². The van der Waals surface area contributed by atoms with E-state index in [9.17, 15) is 9.59 Å². The van der Waals surface area contributed by atoms with E-state index in [1.807, 2.05) is 26.8 Å². The standard InChI is InChI=1S/C28H30N6O4/c1-5-37-26(35)18-6-10-20(11-7-18)34-25(17-23(33-34)28(2,3)4)32-27(36)31-19-8-12-21(13-9-19)38-22-14-15-30-24(29)16-22/h6-17H,5H2,1-4H3,(H2,29,30)(H2,31,32,36). The van der Waals surface area contributed by atoms with Crippen molar-refractivity contribution in [3.8, 4) is 17.2 Å². The highest BCUT2D eigenvalue weighted by molar-refractivity contribution is 5.99. The van der Waals surface area contributed by atoms with Crippen molar-refractivity contribution in [2.45, 2.75) is 33.1 Å². The molecule has 4 N–H and O–H groups in total. The number of ether oxygens (including phenoxy) is 2. The van der Waals surface area contributed by atoms with Crippen LogP contribution in [0.5, 0.6) is 11.5 Å². The number of anilines is 3. The van der Waals surface area contributed by atoms with Gasteiger partial charge in [-0.25, -0.2) is 19.3 Å². The fraction of sp³-hybridized carbons (Fsp3) is 0.214. The molecule has 196 valence electrons. The minimum Gasteiger partial charge on any atom is -0.462 e. The van der Waals surface area contributed by atoms with E-state index in [2.05, 4.69) is 15.6 Å². The maximum atomic E-state index is 12.9. The summed E-state index contributed by atoms with van der Waals surface area (Å²) < 4.78 is 12.4. The summed E-state index contributed by atoms with van der Waals surface area (Å²) >= 11 is 0. The molecule has 0 fully saturated rings. The molecule has 0 atom stereocenters. The summed E-state index contributed by atoms with van der Waals surface area (Å²) in [5.41, 5.74) is 7.92. The SMILES string of the molecule is CCOC(=O)c1ccc(-n2nc(C(C)(C)C)cc2NC(=O)Nc2ccc(Oc3ccnc(N)c3)cc2)cc1. The predicted octanol–water partition coefficient (Wildman–Crippen LogP) is 5.76. The third-order valence-electron chi connectivity index (χ3n) is 5.44. The minimum absolute atomic E-state index is 0.252. The molecule has 0 aliphatic heterocycles. The average molecular weight is 515 g/mol. The van der Waals surface area contributed by atoms with E-state index in [0.29, 0.717) is 46.7 Å². The number of nitrogen functional groups attached to an aromatic ring is 1. The molecule has 2 aromatic carbocycles. The molecule has 2 heterocycles. The molecule has 10 heteroatoms. The van der Waals surface area contributed by atoms with E-state index in [1.165, 1.54) is 0 Å². The van der Waals surface area contributed by atoms with Crippen molar-refractivity contribution in [1.82, 2.24) is 14.8 Å². The number of hydrogen-bond acceptors (Lipinski definition) is 7. The Balaban J connectivity index is 1.49. The summed E-state index contributed by atoms with van der Waals surface area (Å²) in [5.74, 6) is 1.59. The monoisotopic (exact) mass is 514 g/mol. The summed E-state index contributed by atoms with van der Waals surface area (Å²) in [5, 5.41) is 10.4. The molecule has 2 aromatic heterocycles. The molecule has 0 unspecified atom stereocenters. The van der Waals surface area contributed by atoms with E-state index >= 15 is 0 Å². The van der Waals surface area contributed by atoms with Gasteiger partial charge in [-0.05, 0) is 61.5 Å². The first-order chi connectivity index (χ1) is 18.1. The normalized spacial score (nSPS) is 11.1. The number of amides is 2. The van der Waals surface area contributed by atoms with Crippen molar-refractivity contribution in [3.05, 3.63) is 84.2 Å². The molecule has 0 spiro atoms. The van der Waals surface area contributed by atoms with E-state index in [1.54, 1.807) is 78.5 Å². The number of urea groups is 1. The Morgan fingerprint density at radius 1 is 0.947 bits per heavy atom. The number of benzene rings is 2. The largest absolute Gasteiger partial charge is 0.462 e. The lowest BCUT2D eigenvalue weighted by Crippen LogP contribution is -2.21. The number of hydrogen-bond donors (Lipinski definition) is 3. The van der Waals surface area contributed by atoms with Crippen molar-refractivity contribution in [2.75, 3.05) is 23.0 Å². The van der Waals surface area contributed by atoms with Crippen LogP contribution in [-0.2, 0) is 10.2 Å². The average Bonchev–Trinajstić information content (AvgIpc) is 3.30. The Bertz CT molecular complexity index is 1420. The Morgan fingerprint density at radius 3 is 2.29 bits per heavy atom. The highest BCUT2D eigenvalue weighted by atomic mass is 16.5. The van der Waals surface area contributed by atoms with Gasteiger partial charge >= 0.3 is 12.0 Å². The number of carbonyl (C=O) groups excluding carboxylic acids is 2. The van der Waals surface area contributed by atoms with Gasteiger partial charge in [-0.2, -0.15) is 5.10 Å². The lowest BCUT2D eigenvalue weighted by atomic mass is 9.92. The molecule has 0 aliphatic rings. The molecule has 0 bridgehead atoms. The topological polar surface area (TPSA) is 133 Å². The first-order valence-corrected chi connectivity index (χ1v) is 12.1. The molecule has 0 radical (unpaired) electrons. The van der Waals surface area contributed by atoms with Crippen molar-refractivity contribution in [3.63, 3.8) is 0 Å². The number of pyridine rings is 1. The van der Waals surface area contributed by atoms with Gasteiger partial charge in [-0.15, -0.1) is 0 Å². The van der Waals surface area contributed by atoms with Crippen LogP contribution in [0.2, 0.25) is 0 Å². The summed E-state index contributed by atoms with van der Waals surface area (Å²) in [6, 6.07) is 18.5. The predicted molar refractivity (Wildman–Crippen MR) is 146 cm³/mol. The summed E-state index contributed by atoms with van der Waals surface area (Å²) in [6.07, 6.45) is 1.56. The van der Waals surface area contributed by atoms with Crippen LogP contribution in [0, 0.1) is 0 Å². The van der Waals surface area contributed by atoms with Crippen molar-refractivity contribution >= 4 is 29.3 Å². The molecule has 10 nitrogen and oxygen atoms in total. The fourth-order valence-corrected chi connectivity index (χ4v) is 3.50. The molecule has 2 amide bonds. The third kappa shape index (κ3) is 6.47. The molecule has 4 rings (SSSR count). The van der Waals surface area contributed by atoms with Gasteiger partial charge in [-0.3, -0.25) is 5.32 Å². The first-order valence-electron chi connectivity index (χ1n) is 12.1. The van der Waals surface area contributed by atoms with Crippen LogP contribution in [0.1, 0.15) is 43.7 Å². The second-order valence-corrected chi connectivity index (χ2v) is 9.47. The number of rotatable bonds is 7. The fourth-order valence-electron chi connectivity index (χ4n) is 3.50. The Labute approximate surface area is 220 Å². The van der Waals surface area contributed by atoms with Gasteiger partial charge in [0.05, 0.1) is 23.6 Å². The molecular formula is C28H30N6O4. The van der Waals surface area contributed by atoms with Crippen LogP contribution < -0.4 is 21.1 Å². The number of nitrogens with zero attached hydrogens (tertiary/aromatic N) is 3. The van der Waals surface area contributed by atoms with Gasteiger partial charge in [0.1, 0.15) is 23.1 Å². The van der Waals surface area contributed by atoms with Gasteiger partial charge in [0.25, 0.3) is 0 Å². The van der Waals surface area contributed by atoms with E-state index in [4.69, 9.17) is 20.3 Å². The van der Waals surface area contributed by atoms with Crippen LogP contribution in [-0.4, -0.2) is 33.4 Å². The van der Waals surface area contributed by atoms with Crippen LogP contribution >= 0.6 is 0 Å². The lowest BCUT2D eigenvalue weighted by Gasteiger charge is -2.14. The van der Waals surface area contributed by atoms with Crippen LogP contribution in [0.25, 0.3) is 5.69 Å². The van der Waals surface area contributed by atoms with E-state index < -0.39 is 12.0 Å². The zero-order valence-electron chi connectivity index (χ0n) is 21.7.